The number of pyridine rings is 1. The molecule has 0 saturated carbocycles. The van der Waals surface area contributed by atoms with Gasteiger partial charge in [0.15, 0.2) is 0 Å². The van der Waals surface area contributed by atoms with Gasteiger partial charge in [0.25, 0.3) is 10.2 Å². The molecule has 2 heterocycles. The third-order valence-electron chi connectivity index (χ3n) is 3.30. The lowest BCUT2D eigenvalue weighted by Gasteiger charge is -2.34. The van der Waals surface area contributed by atoms with Gasteiger partial charge in [-0.1, -0.05) is 6.07 Å². The van der Waals surface area contributed by atoms with E-state index in [1.807, 2.05) is 20.8 Å². The first-order valence-corrected chi connectivity index (χ1v) is 8.83. The van der Waals surface area contributed by atoms with Crippen LogP contribution < -0.4 is 9.46 Å². The van der Waals surface area contributed by atoms with Gasteiger partial charge in [0, 0.05) is 31.4 Å². The molecule has 0 unspecified atom stereocenters. The summed E-state index contributed by atoms with van der Waals surface area (Å²) in [6, 6.07) is 3.55. The largest absolute Gasteiger partial charge is 0.478 e. The normalized spacial score (nSPS) is 23.4. The highest BCUT2D eigenvalue weighted by Crippen LogP contribution is 2.16. The average Bonchev–Trinajstić information content (AvgIpc) is 2.46. The summed E-state index contributed by atoms with van der Waals surface area (Å²) in [5.74, 6) is 0.455. The number of nitrogens with one attached hydrogen (secondary N) is 1. The van der Waals surface area contributed by atoms with Crippen LogP contribution in [0.15, 0.2) is 18.3 Å². The van der Waals surface area contributed by atoms with E-state index >= 15 is 0 Å². The van der Waals surface area contributed by atoms with Crippen molar-refractivity contribution >= 4 is 10.2 Å². The summed E-state index contributed by atoms with van der Waals surface area (Å²) >= 11 is 0. The van der Waals surface area contributed by atoms with Gasteiger partial charge in [-0.15, -0.1) is 0 Å². The van der Waals surface area contributed by atoms with Gasteiger partial charge in [-0.3, -0.25) is 0 Å². The van der Waals surface area contributed by atoms with Gasteiger partial charge in [0.2, 0.25) is 5.88 Å². The Morgan fingerprint density at radius 1 is 1.41 bits per heavy atom. The molecule has 1 aliphatic heterocycles. The molecular weight excluding hydrogens is 306 g/mol. The summed E-state index contributed by atoms with van der Waals surface area (Å²) < 4.78 is 39.8. The van der Waals surface area contributed by atoms with Gasteiger partial charge >= 0.3 is 0 Å². The predicted octanol–water partition coefficient (Wildman–Crippen LogP) is 0.924. The number of hydrogen-bond acceptors (Lipinski definition) is 5. The highest BCUT2D eigenvalue weighted by molar-refractivity contribution is 7.87. The van der Waals surface area contributed by atoms with Crippen molar-refractivity contribution in [3.63, 3.8) is 0 Å². The highest BCUT2D eigenvalue weighted by Gasteiger charge is 2.30. The van der Waals surface area contributed by atoms with Gasteiger partial charge in [-0.05, 0) is 26.8 Å². The van der Waals surface area contributed by atoms with Crippen molar-refractivity contribution in [3.05, 3.63) is 23.9 Å². The maximum absolute atomic E-state index is 12.4. The predicted molar refractivity (Wildman–Crippen MR) is 82.7 cm³/mol. The van der Waals surface area contributed by atoms with Gasteiger partial charge < -0.3 is 9.47 Å². The molecule has 0 bridgehead atoms. The molecular formula is C14H23N3O4S. The molecule has 0 amide bonds. The minimum absolute atomic E-state index is 0.113. The van der Waals surface area contributed by atoms with E-state index in [0.717, 1.165) is 0 Å². The number of nitrogens with zero attached hydrogens (tertiary/aromatic N) is 2. The van der Waals surface area contributed by atoms with Crippen molar-refractivity contribution in [1.29, 1.82) is 0 Å². The zero-order valence-electron chi connectivity index (χ0n) is 13.2. The first-order valence-electron chi connectivity index (χ1n) is 7.39. The SMILES string of the molecule is CCOc1ncccc1CNS(=O)(=O)N1C[C@H](C)O[C@@H](C)C1. The Bertz CT molecular complexity index is 584. The van der Waals surface area contributed by atoms with Crippen molar-refractivity contribution in [2.45, 2.75) is 39.5 Å². The second-order valence-corrected chi connectivity index (χ2v) is 7.06. The lowest BCUT2D eigenvalue weighted by molar-refractivity contribution is -0.0444. The van der Waals surface area contributed by atoms with Crippen LogP contribution in [0.3, 0.4) is 0 Å². The third kappa shape index (κ3) is 4.39. The molecule has 1 saturated heterocycles. The molecule has 1 fully saturated rings. The summed E-state index contributed by atoms with van der Waals surface area (Å²) in [6.45, 7) is 6.93. The fourth-order valence-corrected chi connectivity index (χ4v) is 3.75. The van der Waals surface area contributed by atoms with Gasteiger partial charge in [0.1, 0.15) is 0 Å². The van der Waals surface area contributed by atoms with Crippen LogP contribution in [-0.2, 0) is 21.5 Å². The fraction of sp³-hybridized carbons (Fsp3) is 0.643. The number of hydrogen-bond donors (Lipinski definition) is 1. The van der Waals surface area contributed by atoms with E-state index in [1.54, 1.807) is 18.3 Å². The molecule has 1 aromatic heterocycles. The van der Waals surface area contributed by atoms with E-state index in [2.05, 4.69) is 9.71 Å². The van der Waals surface area contributed by atoms with Crippen LogP contribution in [0.4, 0.5) is 0 Å². The first-order chi connectivity index (χ1) is 10.4. The van der Waals surface area contributed by atoms with Gasteiger partial charge in [-0.2, -0.15) is 17.4 Å². The number of morpholine rings is 1. The monoisotopic (exact) mass is 329 g/mol. The topological polar surface area (TPSA) is 80.8 Å². The summed E-state index contributed by atoms with van der Waals surface area (Å²) in [7, 11) is -3.56. The number of ether oxygens (including phenoxy) is 2. The van der Waals surface area contributed by atoms with Crippen molar-refractivity contribution in [2.75, 3.05) is 19.7 Å². The zero-order chi connectivity index (χ0) is 16.2. The second kappa shape index (κ2) is 7.36. The van der Waals surface area contributed by atoms with Crippen LogP contribution >= 0.6 is 0 Å². The van der Waals surface area contributed by atoms with Crippen LogP contribution in [0.5, 0.6) is 5.88 Å². The summed E-state index contributed by atoms with van der Waals surface area (Å²) in [5.41, 5.74) is 0.710. The second-order valence-electron chi connectivity index (χ2n) is 5.30. The maximum Gasteiger partial charge on any atom is 0.279 e. The summed E-state index contributed by atoms with van der Waals surface area (Å²) in [5, 5.41) is 0. The van der Waals surface area contributed by atoms with Gasteiger partial charge in [-0.25, -0.2) is 4.98 Å². The molecule has 1 N–H and O–H groups in total. The molecule has 0 aliphatic carbocycles. The number of aromatic nitrogens is 1. The highest BCUT2D eigenvalue weighted by atomic mass is 32.2. The van der Waals surface area contributed by atoms with Crippen LogP contribution in [0.1, 0.15) is 26.3 Å². The van der Waals surface area contributed by atoms with Crippen molar-refractivity contribution in [1.82, 2.24) is 14.0 Å². The maximum atomic E-state index is 12.4. The molecule has 2 rings (SSSR count). The van der Waals surface area contributed by atoms with E-state index < -0.39 is 10.2 Å². The minimum Gasteiger partial charge on any atom is -0.478 e. The Hall–Kier alpha value is -1.22. The lowest BCUT2D eigenvalue weighted by atomic mass is 10.3. The number of rotatable bonds is 6. The molecule has 2 atom stereocenters. The fourth-order valence-electron chi connectivity index (χ4n) is 2.41. The molecule has 8 heteroatoms. The standard InChI is InChI=1S/C14H23N3O4S/c1-4-20-14-13(6-5-7-15-14)8-16-22(18,19)17-9-11(2)21-12(3)10-17/h5-7,11-12,16H,4,8-10H2,1-3H3/t11-,12-/m0/s1. The molecule has 0 aromatic carbocycles. The summed E-state index contributed by atoms with van der Waals surface area (Å²) in [6.07, 6.45) is 1.39. The van der Waals surface area contributed by atoms with Crippen molar-refractivity contribution in [3.8, 4) is 5.88 Å². The Kier molecular flexibility index (Phi) is 5.74. The first kappa shape index (κ1) is 17.1. The Labute approximate surface area is 131 Å². The van der Waals surface area contributed by atoms with Gasteiger partial charge in [0.05, 0.1) is 18.8 Å². The third-order valence-corrected chi connectivity index (χ3v) is 4.79. The summed E-state index contributed by atoms with van der Waals surface area (Å²) in [4.78, 5) is 4.12. The minimum atomic E-state index is -3.56. The molecule has 0 radical (unpaired) electrons. The van der Waals surface area contributed by atoms with Crippen LogP contribution in [0.25, 0.3) is 0 Å². The van der Waals surface area contributed by atoms with E-state index in [-0.39, 0.29) is 18.8 Å². The molecule has 1 aliphatic rings. The van der Waals surface area contributed by atoms with E-state index in [4.69, 9.17) is 9.47 Å². The lowest BCUT2D eigenvalue weighted by Crippen LogP contribution is -2.51. The van der Waals surface area contributed by atoms with Crippen molar-refractivity contribution < 1.29 is 17.9 Å². The molecule has 22 heavy (non-hydrogen) atoms. The molecule has 124 valence electrons. The zero-order valence-corrected chi connectivity index (χ0v) is 14.0. The smallest absolute Gasteiger partial charge is 0.279 e. The van der Waals surface area contributed by atoms with E-state index in [9.17, 15) is 8.42 Å². The Balaban J connectivity index is 2.04. The van der Waals surface area contributed by atoms with Crippen LogP contribution in [-0.4, -0.2) is 49.6 Å². The average molecular weight is 329 g/mol. The molecule has 1 aromatic rings. The van der Waals surface area contributed by atoms with Crippen molar-refractivity contribution in [2.24, 2.45) is 0 Å². The van der Waals surface area contributed by atoms with E-state index in [1.165, 1.54) is 4.31 Å². The quantitative estimate of drug-likeness (QED) is 0.839. The van der Waals surface area contributed by atoms with E-state index in [0.29, 0.717) is 31.1 Å². The van der Waals surface area contributed by atoms with Crippen LogP contribution in [0, 0.1) is 0 Å². The molecule has 7 nitrogen and oxygen atoms in total. The Morgan fingerprint density at radius 2 is 2.09 bits per heavy atom. The molecule has 0 spiro atoms. The Morgan fingerprint density at radius 3 is 2.73 bits per heavy atom. The van der Waals surface area contributed by atoms with Crippen LogP contribution in [0.2, 0.25) is 0 Å².